The molecule has 1 aromatic rings. The van der Waals surface area contributed by atoms with E-state index in [1.165, 1.54) is 6.07 Å². The van der Waals surface area contributed by atoms with Crippen molar-refractivity contribution in [1.29, 1.82) is 0 Å². The van der Waals surface area contributed by atoms with Crippen molar-refractivity contribution in [2.24, 2.45) is 0 Å². The monoisotopic (exact) mass is 270 g/mol. The maximum atomic E-state index is 13.0. The van der Waals surface area contributed by atoms with E-state index in [1.54, 1.807) is 6.92 Å². The first-order chi connectivity index (χ1) is 8.97. The summed E-state index contributed by atoms with van der Waals surface area (Å²) in [5, 5.41) is 12.0. The molecule has 1 aromatic carbocycles. The van der Waals surface area contributed by atoms with Gasteiger partial charge in [0.05, 0.1) is 12.1 Å². The van der Waals surface area contributed by atoms with Crippen LogP contribution in [0.15, 0.2) is 18.2 Å². The van der Waals surface area contributed by atoms with Gasteiger partial charge in [-0.3, -0.25) is 9.69 Å². The van der Waals surface area contributed by atoms with E-state index in [0.29, 0.717) is 19.5 Å². The lowest BCUT2D eigenvalue weighted by Gasteiger charge is -2.22. The topological polar surface area (TPSA) is 52.6 Å². The number of hydrogen-bond donors (Lipinski definition) is 2. The van der Waals surface area contributed by atoms with Crippen LogP contribution in [0, 0.1) is 11.6 Å². The quantitative estimate of drug-likeness (QED) is 0.872. The predicted octanol–water partition coefficient (Wildman–Crippen LogP) is 1.36. The van der Waals surface area contributed by atoms with Crippen LogP contribution in [0.2, 0.25) is 0 Å². The molecule has 6 heteroatoms. The van der Waals surface area contributed by atoms with Gasteiger partial charge in [0.2, 0.25) is 5.91 Å². The number of likely N-dealkylation sites (tertiary alicyclic amines) is 1. The zero-order valence-electron chi connectivity index (χ0n) is 10.6. The summed E-state index contributed by atoms with van der Waals surface area (Å²) in [6, 6.07) is 2.79. The lowest BCUT2D eigenvalue weighted by atomic mass is 10.2. The number of nitrogens with one attached hydrogen (secondary N) is 1. The van der Waals surface area contributed by atoms with Crippen LogP contribution in [-0.4, -0.2) is 41.1 Å². The molecule has 2 N–H and O–H groups in total. The van der Waals surface area contributed by atoms with Crippen LogP contribution in [0.4, 0.5) is 14.5 Å². The fourth-order valence-electron chi connectivity index (χ4n) is 2.11. The third-order valence-electron chi connectivity index (χ3n) is 3.31. The van der Waals surface area contributed by atoms with Gasteiger partial charge in [-0.05, 0) is 25.5 Å². The molecule has 1 amide bonds. The number of halogens is 2. The molecular formula is C13H16F2N2O2. The highest BCUT2D eigenvalue weighted by Crippen LogP contribution is 2.16. The van der Waals surface area contributed by atoms with E-state index in [0.717, 1.165) is 12.1 Å². The van der Waals surface area contributed by atoms with Crippen LogP contribution in [0.25, 0.3) is 0 Å². The lowest BCUT2D eigenvalue weighted by Crippen LogP contribution is -2.41. The fraction of sp³-hybridized carbons (Fsp3) is 0.462. The Morgan fingerprint density at radius 1 is 1.47 bits per heavy atom. The molecule has 0 spiro atoms. The second-order valence-electron chi connectivity index (χ2n) is 4.73. The molecule has 2 rings (SSSR count). The second-order valence-corrected chi connectivity index (χ2v) is 4.73. The van der Waals surface area contributed by atoms with Crippen molar-refractivity contribution in [3.8, 4) is 0 Å². The lowest BCUT2D eigenvalue weighted by molar-refractivity contribution is -0.120. The van der Waals surface area contributed by atoms with Crippen molar-refractivity contribution in [3.05, 3.63) is 29.8 Å². The molecule has 104 valence electrons. The van der Waals surface area contributed by atoms with Crippen molar-refractivity contribution in [3.63, 3.8) is 0 Å². The molecule has 1 aliphatic rings. The average molecular weight is 270 g/mol. The van der Waals surface area contributed by atoms with Gasteiger partial charge < -0.3 is 10.4 Å². The van der Waals surface area contributed by atoms with Crippen LogP contribution < -0.4 is 5.32 Å². The number of rotatable bonds is 3. The minimum Gasteiger partial charge on any atom is -0.392 e. The molecule has 2 atom stereocenters. The zero-order valence-corrected chi connectivity index (χ0v) is 10.6. The summed E-state index contributed by atoms with van der Waals surface area (Å²) < 4.78 is 25.8. The van der Waals surface area contributed by atoms with Gasteiger partial charge in [-0.25, -0.2) is 8.78 Å². The summed E-state index contributed by atoms with van der Waals surface area (Å²) in [6.45, 7) is 2.81. The van der Waals surface area contributed by atoms with E-state index in [2.05, 4.69) is 5.32 Å². The minimum absolute atomic E-state index is 0.218. The highest BCUT2D eigenvalue weighted by Gasteiger charge is 2.28. The van der Waals surface area contributed by atoms with Gasteiger partial charge in [-0.15, -0.1) is 0 Å². The first-order valence-electron chi connectivity index (χ1n) is 6.15. The second kappa shape index (κ2) is 5.63. The fourth-order valence-corrected chi connectivity index (χ4v) is 2.11. The molecule has 1 unspecified atom stereocenters. The number of nitrogens with zero attached hydrogens (tertiary/aromatic N) is 1. The molecule has 0 aromatic heterocycles. The highest BCUT2D eigenvalue weighted by molar-refractivity contribution is 5.94. The number of aliphatic hydroxyl groups is 1. The molecule has 4 nitrogen and oxygen atoms in total. The first kappa shape index (κ1) is 13.9. The van der Waals surface area contributed by atoms with Crippen LogP contribution in [0.1, 0.15) is 13.3 Å². The third kappa shape index (κ3) is 3.27. The summed E-state index contributed by atoms with van der Waals surface area (Å²) in [7, 11) is 0. The minimum atomic E-state index is -0.998. The number of anilines is 1. The van der Waals surface area contributed by atoms with Crippen LogP contribution in [-0.2, 0) is 4.79 Å². The number of carbonyl (C=O) groups is 1. The molecule has 19 heavy (non-hydrogen) atoms. The van der Waals surface area contributed by atoms with Crippen molar-refractivity contribution < 1.29 is 18.7 Å². The van der Waals surface area contributed by atoms with E-state index in [4.69, 9.17) is 0 Å². The SMILES string of the molecule is CC(C(=O)Nc1ccc(F)c(F)c1)N1CC[C@H](O)C1. The Bertz CT molecular complexity index is 482. The van der Waals surface area contributed by atoms with Crippen molar-refractivity contribution >= 4 is 11.6 Å². The molecule has 1 heterocycles. The van der Waals surface area contributed by atoms with Gasteiger partial charge in [-0.2, -0.15) is 0 Å². The normalized spacial score (nSPS) is 21.4. The third-order valence-corrected chi connectivity index (χ3v) is 3.31. The van der Waals surface area contributed by atoms with E-state index in [-0.39, 0.29) is 11.6 Å². The van der Waals surface area contributed by atoms with E-state index in [1.807, 2.05) is 4.90 Å². The smallest absolute Gasteiger partial charge is 0.241 e. The van der Waals surface area contributed by atoms with Gasteiger partial charge in [0.15, 0.2) is 11.6 Å². The molecule has 0 radical (unpaired) electrons. The number of carbonyl (C=O) groups excluding carboxylic acids is 1. The van der Waals surface area contributed by atoms with Crippen molar-refractivity contribution in [2.75, 3.05) is 18.4 Å². The maximum absolute atomic E-state index is 13.0. The standard InChI is InChI=1S/C13H16F2N2O2/c1-8(17-5-4-10(18)7-17)13(19)16-9-2-3-11(14)12(15)6-9/h2-3,6,8,10,18H,4-5,7H2,1H3,(H,16,19)/t8?,10-/m0/s1. The molecule has 0 saturated carbocycles. The summed E-state index contributed by atoms with van der Waals surface area (Å²) in [4.78, 5) is 13.8. The number of benzene rings is 1. The Labute approximate surface area is 110 Å². The van der Waals surface area contributed by atoms with Gasteiger partial charge in [0.1, 0.15) is 0 Å². The number of β-amino-alcohol motifs (C(OH)–C–C–N with tert-alkyl or cyclic N) is 1. The summed E-state index contributed by atoms with van der Waals surface area (Å²) >= 11 is 0. The Hall–Kier alpha value is -1.53. The van der Waals surface area contributed by atoms with Gasteiger partial charge >= 0.3 is 0 Å². The molecule has 1 aliphatic heterocycles. The van der Waals surface area contributed by atoms with Gasteiger partial charge in [0.25, 0.3) is 0 Å². The molecule has 1 saturated heterocycles. The highest BCUT2D eigenvalue weighted by atomic mass is 19.2. The molecule has 1 fully saturated rings. The summed E-state index contributed by atoms with van der Waals surface area (Å²) in [5.74, 6) is -2.25. The van der Waals surface area contributed by atoms with Crippen molar-refractivity contribution in [2.45, 2.75) is 25.5 Å². The van der Waals surface area contributed by atoms with Gasteiger partial charge in [-0.1, -0.05) is 0 Å². The van der Waals surface area contributed by atoms with Gasteiger partial charge in [0, 0.05) is 24.8 Å². The largest absolute Gasteiger partial charge is 0.392 e. The average Bonchev–Trinajstić information content (AvgIpc) is 2.79. The zero-order chi connectivity index (χ0) is 14.0. The number of aliphatic hydroxyl groups excluding tert-OH is 1. The Morgan fingerprint density at radius 3 is 2.79 bits per heavy atom. The molecule has 0 aliphatic carbocycles. The van der Waals surface area contributed by atoms with E-state index >= 15 is 0 Å². The van der Waals surface area contributed by atoms with E-state index < -0.39 is 23.8 Å². The predicted molar refractivity (Wildman–Crippen MR) is 66.6 cm³/mol. The Morgan fingerprint density at radius 2 is 2.21 bits per heavy atom. The van der Waals surface area contributed by atoms with Crippen LogP contribution in [0.5, 0.6) is 0 Å². The van der Waals surface area contributed by atoms with E-state index in [9.17, 15) is 18.7 Å². The molecular weight excluding hydrogens is 254 g/mol. The first-order valence-corrected chi connectivity index (χ1v) is 6.15. The molecule has 0 bridgehead atoms. The van der Waals surface area contributed by atoms with Crippen molar-refractivity contribution in [1.82, 2.24) is 4.90 Å². The Balaban J connectivity index is 1.98. The number of hydrogen-bond acceptors (Lipinski definition) is 3. The Kier molecular flexibility index (Phi) is 4.11. The summed E-state index contributed by atoms with van der Waals surface area (Å²) in [5.41, 5.74) is 0.218. The maximum Gasteiger partial charge on any atom is 0.241 e. The summed E-state index contributed by atoms with van der Waals surface area (Å²) in [6.07, 6.45) is 0.238. The number of amides is 1. The van der Waals surface area contributed by atoms with Crippen LogP contribution in [0.3, 0.4) is 0 Å². The van der Waals surface area contributed by atoms with Crippen LogP contribution >= 0.6 is 0 Å².